The summed E-state index contributed by atoms with van der Waals surface area (Å²) in [5.74, 6) is 0. The van der Waals surface area contributed by atoms with Gasteiger partial charge in [-0.2, -0.15) is 0 Å². The van der Waals surface area contributed by atoms with Crippen LogP contribution in [0.1, 0.15) is 28.0 Å². The van der Waals surface area contributed by atoms with Gasteiger partial charge < -0.3 is 5.73 Å². The number of benzene rings is 3. The lowest BCUT2D eigenvalue weighted by molar-refractivity contribution is 0.557. The number of aromatic nitrogens is 2. The van der Waals surface area contributed by atoms with Gasteiger partial charge in [0.25, 0.3) is 0 Å². The van der Waals surface area contributed by atoms with Crippen LogP contribution in [0.5, 0.6) is 0 Å². The molecule has 9 heteroatoms. The van der Waals surface area contributed by atoms with Gasteiger partial charge in [-0.1, -0.05) is 77.2 Å². The van der Waals surface area contributed by atoms with E-state index in [4.69, 9.17) is 5.73 Å². The maximum Gasteiger partial charge on any atom is 0.241 e. The van der Waals surface area contributed by atoms with Gasteiger partial charge in [-0.3, -0.25) is 0 Å². The van der Waals surface area contributed by atoms with Gasteiger partial charge >= 0.3 is 0 Å². The van der Waals surface area contributed by atoms with Crippen molar-refractivity contribution in [3.05, 3.63) is 77.4 Å². The van der Waals surface area contributed by atoms with Gasteiger partial charge in [0, 0.05) is 0 Å². The Hall–Kier alpha value is -2.46. The third-order valence-electron chi connectivity index (χ3n) is 5.18. The van der Waals surface area contributed by atoms with Crippen LogP contribution in [0.25, 0.3) is 10.8 Å². The Labute approximate surface area is 182 Å². The normalized spacial score (nSPS) is 18.2. The van der Waals surface area contributed by atoms with Crippen LogP contribution in [0.15, 0.2) is 69.9 Å². The largest absolute Gasteiger partial charge is 0.374 e. The molecule has 0 saturated carbocycles. The van der Waals surface area contributed by atoms with E-state index >= 15 is 0 Å². The molecule has 152 valence electrons. The van der Waals surface area contributed by atoms with Crippen molar-refractivity contribution in [2.45, 2.75) is 27.5 Å². The molecule has 0 saturated heterocycles. The molecule has 2 atom stereocenters. The minimum Gasteiger partial charge on any atom is -0.374 e. The highest BCUT2D eigenvalue weighted by Crippen LogP contribution is 2.53. The molecule has 5 rings (SSSR count). The van der Waals surface area contributed by atoms with E-state index in [1.807, 2.05) is 43.3 Å². The quantitative estimate of drug-likeness (QED) is 0.462. The number of nitrogen functional groups attached to an aromatic ring is 1. The molecule has 3 aromatic carbocycles. The summed E-state index contributed by atoms with van der Waals surface area (Å²) in [7, 11) is -3.72. The highest BCUT2D eigenvalue weighted by Gasteiger charge is 2.38. The molecule has 1 aromatic heterocycles. The van der Waals surface area contributed by atoms with Gasteiger partial charge in [0.15, 0.2) is 4.34 Å². The number of nitrogens with one attached hydrogen (secondary N) is 1. The fourth-order valence-corrected chi connectivity index (χ4v) is 7.22. The van der Waals surface area contributed by atoms with Gasteiger partial charge in [-0.25, -0.2) is 13.1 Å². The van der Waals surface area contributed by atoms with E-state index in [0.717, 1.165) is 27.5 Å². The number of hydrogen-bond acceptors (Lipinski definition) is 7. The van der Waals surface area contributed by atoms with Crippen molar-refractivity contribution < 1.29 is 8.42 Å². The molecule has 3 N–H and O–H groups in total. The average molecular weight is 455 g/mol. The molecule has 6 nitrogen and oxygen atoms in total. The maximum absolute atomic E-state index is 13.2. The van der Waals surface area contributed by atoms with Crippen molar-refractivity contribution in [3.8, 4) is 0 Å². The topological polar surface area (TPSA) is 98.0 Å². The Bertz CT molecular complexity index is 1350. The highest BCUT2D eigenvalue weighted by atomic mass is 32.2. The van der Waals surface area contributed by atoms with E-state index in [2.05, 4.69) is 14.9 Å². The number of rotatable bonds is 5. The van der Waals surface area contributed by atoms with Crippen molar-refractivity contribution in [1.82, 2.24) is 14.9 Å². The number of sulfonamides is 1. The zero-order valence-corrected chi connectivity index (χ0v) is 18.4. The maximum atomic E-state index is 13.2. The van der Waals surface area contributed by atoms with E-state index in [9.17, 15) is 8.42 Å². The molecule has 0 aliphatic heterocycles. The minimum absolute atomic E-state index is 0.182. The molecule has 1 heterocycles. The van der Waals surface area contributed by atoms with Crippen LogP contribution in [0, 0.1) is 6.92 Å². The Morgan fingerprint density at radius 3 is 2.37 bits per heavy atom. The second-order valence-corrected chi connectivity index (χ2v) is 11.3. The molecule has 30 heavy (non-hydrogen) atoms. The van der Waals surface area contributed by atoms with Crippen molar-refractivity contribution in [2.24, 2.45) is 0 Å². The number of nitrogens with zero attached hydrogens (tertiary/aromatic N) is 2. The lowest BCUT2D eigenvalue weighted by Crippen LogP contribution is -2.30. The average Bonchev–Trinajstić information content (AvgIpc) is 3.26. The van der Waals surface area contributed by atoms with Crippen LogP contribution < -0.4 is 10.5 Å². The number of anilines is 1. The van der Waals surface area contributed by atoms with Crippen LogP contribution in [0.3, 0.4) is 0 Å². The number of nitrogens with two attached hydrogens (primary N) is 1. The molecule has 0 spiro atoms. The van der Waals surface area contributed by atoms with Gasteiger partial charge in [-0.05, 0) is 41.0 Å². The van der Waals surface area contributed by atoms with Crippen LogP contribution in [-0.4, -0.2) is 18.6 Å². The minimum atomic E-state index is -3.72. The zero-order valence-electron chi connectivity index (χ0n) is 15.9. The SMILES string of the molecule is Cc1ccc(S(=O)(=O)N[C@H]2c3cccc4cccc(c34)[C@H]2Sc2nnc(N)s2)cc1. The summed E-state index contributed by atoms with van der Waals surface area (Å²) >= 11 is 2.79. The van der Waals surface area contributed by atoms with Gasteiger partial charge in [-0.15, -0.1) is 10.2 Å². The molecule has 0 bridgehead atoms. The lowest BCUT2D eigenvalue weighted by Gasteiger charge is -2.22. The highest BCUT2D eigenvalue weighted by molar-refractivity contribution is 8.01. The molecule has 0 amide bonds. The number of thioether (sulfide) groups is 1. The molecule has 1 aliphatic rings. The van der Waals surface area contributed by atoms with Crippen molar-refractivity contribution in [2.75, 3.05) is 5.73 Å². The Balaban J connectivity index is 1.59. The first-order valence-electron chi connectivity index (χ1n) is 9.28. The molecule has 1 aliphatic carbocycles. The molecule has 4 aromatic rings. The van der Waals surface area contributed by atoms with E-state index in [1.54, 1.807) is 24.3 Å². The van der Waals surface area contributed by atoms with Crippen molar-refractivity contribution >= 4 is 49.0 Å². The summed E-state index contributed by atoms with van der Waals surface area (Å²) in [6.45, 7) is 1.93. The summed E-state index contributed by atoms with van der Waals surface area (Å²) in [5, 5.41) is 10.4. The summed E-state index contributed by atoms with van der Waals surface area (Å²) < 4.78 is 30.1. The summed E-state index contributed by atoms with van der Waals surface area (Å²) in [6, 6.07) is 18.5. The Morgan fingerprint density at radius 1 is 1.00 bits per heavy atom. The molecule has 0 radical (unpaired) electrons. The van der Waals surface area contributed by atoms with E-state index in [0.29, 0.717) is 9.47 Å². The second kappa shape index (κ2) is 7.35. The van der Waals surface area contributed by atoms with Gasteiger partial charge in [0.2, 0.25) is 15.2 Å². The fraction of sp³-hybridized carbons (Fsp3) is 0.143. The summed E-state index contributed by atoms with van der Waals surface area (Å²) in [5.41, 5.74) is 8.82. The fourth-order valence-electron chi connectivity index (χ4n) is 3.82. The van der Waals surface area contributed by atoms with E-state index in [1.165, 1.54) is 23.1 Å². The molecular formula is C21H18N4O2S3. The molecule has 0 fully saturated rings. The Kier molecular flexibility index (Phi) is 4.78. The van der Waals surface area contributed by atoms with Crippen LogP contribution in [-0.2, 0) is 10.0 Å². The first kappa shape index (κ1) is 19.5. The lowest BCUT2D eigenvalue weighted by atomic mass is 10.1. The van der Waals surface area contributed by atoms with Crippen molar-refractivity contribution in [1.29, 1.82) is 0 Å². The van der Waals surface area contributed by atoms with Gasteiger partial charge in [0.05, 0.1) is 16.2 Å². The van der Waals surface area contributed by atoms with E-state index in [-0.39, 0.29) is 10.1 Å². The standard InChI is InChI=1S/C21H18N4O2S3/c1-12-8-10-14(11-9-12)30(26,27)25-18-15-6-2-4-13-5-3-7-16(17(13)15)19(18)28-21-24-23-20(22)29-21/h2-11,18-19,25H,1H3,(H2,22,23)/t18-,19+/m0/s1. The predicted octanol–water partition coefficient (Wildman–Crippen LogP) is 4.45. The van der Waals surface area contributed by atoms with Crippen LogP contribution >= 0.6 is 23.1 Å². The third-order valence-corrected chi connectivity index (χ3v) is 8.78. The number of aryl methyl sites for hydroxylation is 1. The number of hydrogen-bond donors (Lipinski definition) is 2. The molecular weight excluding hydrogens is 436 g/mol. The zero-order chi connectivity index (χ0) is 20.9. The van der Waals surface area contributed by atoms with E-state index < -0.39 is 16.1 Å². The van der Waals surface area contributed by atoms with Crippen molar-refractivity contribution in [3.63, 3.8) is 0 Å². The summed E-state index contributed by atoms with van der Waals surface area (Å²) in [4.78, 5) is 0.250. The van der Waals surface area contributed by atoms with Gasteiger partial charge in [0.1, 0.15) is 0 Å². The van der Waals surface area contributed by atoms with Crippen LogP contribution in [0.2, 0.25) is 0 Å². The first-order valence-corrected chi connectivity index (χ1v) is 12.5. The monoisotopic (exact) mass is 454 g/mol. The molecule has 0 unspecified atom stereocenters. The first-order chi connectivity index (χ1) is 14.4. The Morgan fingerprint density at radius 2 is 1.70 bits per heavy atom. The summed E-state index contributed by atoms with van der Waals surface area (Å²) in [6.07, 6.45) is 0. The van der Waals surface area contributed by atoms with Crippen LogP contribution in [0.4, 0.5) is 5.13 Å². The second-order valence-electron chi connectivity index (χ2n) is 7.15. The smallest absolute Gasteiger partial charge is 0.241 e. The third kappa shape index (κ3) is 3.37. The predicted molar refractivity (Wildman–Crippen MR) is 121 cm³/mol.